The molecule has 5 heteroatoms. The zero-order valence-electron chi connectivity index (χ0n) is 12.8. The van der Waals surface area contributed by atoms with Crippen molar-refractivity contribution in [3.63, 3.8) is 0 Å². The van der Waals surface area contributed by atoms with E-state index in [2.05, 4.69) is 5.32 Å². The highest BCUT2D eigenvalue weighted by molar-refractivity contribution is 6.30. The Labute approximate surface area is 143 Å². The molecule has 0 aromatic heterocycles. The highest BCUT2D eigenvalue weighted by Crippen LogP contribution is 2.28. The molecular weight excluding hydrogens is 319 g/mol. The van der Waals surface area contributed by atoms with Gasteiger partial charge in [0.2, 0.25) is 5.91 Å². The molecule has 1 aromatic carbocycles. The minimum absolute atomic E-state index is 0. The number of carbonyl (C=O) groups is 1. The molecule has 0 bridgehead atoms. The number of halogens is 2. The van der Waals surface area contributed by atoms with Gasteiger partial charge in [0.1, 0.15) is 0 Å². The Kier molecular flexibility index (Phi) is 6.54. The number of nitrogens with zero attached hydrogens (tertiary/aromatic N) is 1. The molecule has 1 amide bonds. The van der Waals surface area contributed by atoms with E-state index >= 15 is 0 Å². The number of rotatable bonds is 5. The minimum Gasteiger partial charge on any atom is -0.342 e. The van der Waals surface area contributed by atoms with Gasteiger partial charge in [-0.2, -0.15) is 0 Å². The predicted molar refractivity (Wildman–Crippen MR) is 92.7 cm³/mol. The fraction of sp³-hybridized carbons (Fsp3) is 0.588. The molecule has 0 unspecified atom stereocenters. The lowest BCUT2D eigenvalue weighted by atomic mass is 10.0. The lowest BCUT2D eigenvalue weighted by Gasteiger charge is -2.32. The van der Waals surface area contributed by atoms with Crippen molar-refractivity contribution in [1.82, 2.24) is 10.2 Å². The summed E-state index contributed by atoms with van der Waals surface area (Å²) in [5.41, 5.74) is 1.04. The van der Waals surface area contributed by atoms with Crippen molar-refractivity contribution in [1.29, 1.82) is 0 Å². The number of likely N-dealkylation sites (tertiary alicyclic amines) is 1. The summed E-state index contributed by atoms with van der Waals surface area (Å²) in [6.45, 7) is 2.94. The zero-order valence-corrected chi connectivity index (χ0v) is 14.3. The fourth-order valence-corrected chi connectivity index (χ4v) is 3.00. The maximum absolute atomic E-state index is 12.3. The number of hydrogen-bond donors (Lipinski definition) is 1. The third kappa shape index (κ3) is 5.15. The van der Waals surface area contributed by atoms with Crippen LogP contribution >= 0.6 is 24.0 Å². The van der Waals surface area contributed by atoms with Crippen molar-refractivity contribution in [2.45, 2.75) is 38.1 Å². The van der Waals surface area contributed by atoms with Crippen LogP contribution in [0.3, 0.4) is 0 Å². The van der Waals surface area contributed by atoms with E-state index in [1.807, 2.05) is 29.2 Å². The Balaban J connectivity index is 0.00000176. The molecule has 22 heavy (non-hydrogen) atoms. The second kappa shape index (κ2) is 8.19. The molecule has 1 saturated carbocycles. The van der Waals surface area contributed by atoms with E-state index in [0.29, 0.717) is 17.5 Å². The highest BCUT2D eigenvalue weighted by atomic mass is 35.5. The summed E-state index contributed by atoms with van der Waals surface area (Å²) in [6.07, 6.45) is 5.44. The lowest BCUT2D eigenvalue weighted by Crippen LogP contribution is -2.45. The number of benzene rings is 1. The molecule has 3 nitrogen and oxygen atoms in total. The standard InChI is InChI=1S/C17H23ClN2O.ClH/c18-15-5-3-13(4-6-15)11-17(21)20-9-7-16(8-10-20)19-12-14-1-2-14;/h3-6,14,16,19H,1-2,7-12H2;1H. The molecule has 1 saturated heterocycles. The van der Waals surface area contributed by atoms with Gasteiger partial charge in [-0.25, -0.2) is 0 Å². The first kappa shape index (κ1) is 17.6. The number of hydrogen-bond acceptors (Lipinski definition) is 2. The summed E-state index contributed by atoms with van der Waals surface area (Å²) in [6, 6.07) is 8.16. The van der Waals surface area contributed by atoms with Crippen LogP contribution in [0.4, 0.5) is 0 Å². The molecule has 2 aliphatic rings. The van der Waals surface area contributed by atoms with E-state index in [1.54, 1.807) is 0 Å². The van der Waals surface area contributed by atoms with E-state index in [9.17, 15) is 4.79 Å². The summed E-state index contributed by atoms with van der Waals surface area (Å²) in [7, 11) is 0. The van der Waals surface area contributed by atoms with Crippen LogP contribution in [0, 0.1) is 5.92 Å². The van der Waals surface area contributed by atoms with Crippen molar-refractivity contribution in [2.75, 3.05) is 19.6 Å². The third-order valence-electron chi connectivity index (χ3n) is 4.51. The predicted octanol–water partition coefficient (Wildman–Crippen LogP) is 3.29. The molecule has 1 heterocycles. The van der Waals surface area contributed by atoms with Crippen LogP contribution in [0.25, 0.3) is 0 Å². The second-order valence-corrected chi connectivity index (χ2v) is 6.75. The summed E-state index contributed by atoms with van der Waals surface area (Å²) < 4.78 is 0. The first-order valence-electron chi connectivity index (χ1n) is 7.96. The summed E-state index contributed by atoms with van der Waals surface area (Å²) in [5.74, 6) is 1.16. The average Bonchev–Trinajstić information content (AvgIpc) is 3.32. The van der Waals surface area contributed by atoms with Gasteiger partial charge in [0.15, 0.2) is 0 Å². The van der Waals surface area contributed by atoms with Crippen LogP contribution in [0.2, 0.25) is 5.02 Å². The SMILES string of the molecule is Cl.O=C(Cc1ccc(Cl)cc1)N1CCC(NCC2CC2)CC1. The average molecular weight is 343 g/mol. The van der Waals surface area contributed by atoms with Crippen LogP contribution in [0.15, 0.2) is 24.3 Å². The maximum atomic E-state index is 12.3. The summed E-state index contributed by atoms with van der Waals surface area (Å²) in [5, 5.41) is 4.36. The highest BCUT2D eigenvalue weighted by Gasteiger charge is 2.25. The van der Waals surface area contributed by atoms with Crippen molar-refractivity contribution in [3.05, 3.63) is 34.9 Å². The van der Waals surface area contributed by atoms with Gasteiger partial charge in [-0.3, -0.25) is 4.79 Å². The molecule has 1 aliphatic heterocycles. The van der Waals surface area contributed by atoms with Gasteiger partial charge < -0.3 is 10.2 Å². The van der Waals surface area contributed by atoms with E-state index < -0.39 is 0 Å². The summed E-state index contributed by atoms with van der Waals surface area (Å²) in [4.78, 5) is 14.3. The molecule has 3 rings (SSSR count). The number of nitrogens with one attached hydrogen (secondary N) is 1. The normalized spacial score (nSPS) is 18.9. The van der Waals surface area contributed by atoms with Gasteiger partial charge in [-0.05, 0) is 55.8 Å². The first-order valence-corrected chi connectivity index (χ1v) is 8.34. The largest absolute Gasteiger partial charge is 0.342 e. The smallest absolute Gasteiger partial charge is 0.226 e. The van der Waals surface area contributed by atoms with Crippen LogP contribution in [0.5, 0.6) is 0 Å². The van der Waals surface area contributed by atoms with Gasteiger partial charge in [-0.1, -0.05) is 23.7 Å². The minimum atomic E-state index is 0. The third-order valence-corrected chi connectivity index (χ3v) is 4.76. The number of carbonyl (C=O) groups excluding carboxylic acids is 1. The maximum Gasteiger partial charge on any atom is 0.226 e. The van der Waals surface area contributed by atoms with Crippen LogP contribution in [0.1, 0.15) is 31.2 Å². The van der Waals surface area contributed by atoms with Crippen molar-refractivity contribution < 1.29 is 4.79 Å². The molecule has 2 fully saturated rings. The number of piperidine rings is 1. The second-order valence-electron chi connectivity index (χ2n) is 6.31. The van der Waals surface area contributed by atoms with Crippen molar-refractivity contribution in [2.24, 2.45) is 5.92 Å². The summed E-state index contributed by atoms with van der Waals surface area (Å²) >= 11 is 5.87. The fourth-order valence-electron chi connectivity index (χ4n) is 2.88. The Bertz CT molecular complexity index is 480. The first-order chi connectivity index (χ1) is 10.2. The molecule has 1 aliphatic carbocycles. The van der Waals surface area contributed by atoms with Gasteiger partial charge in [-0.15, -0.1) is 12.4 Å². The Morgan fingerprint density at radius 3 is 2.36 bits per heavy atom. The molecule has 122 valence electrons. The van der Waals surface area contributed by atoms with E-state index in [1.165, 1.54) is 19.4 Å². The van der Waals surface area contributed by atoms with E-state index in [0.717, 1.165) is 37.4 Å². The quantitative estimate of drug-likeness (QED) is 0.890. The van der Waals surface area contributed by atoms with Gasteiger partial charge >= 0.3 is 0 Å². The topological polar surface area (TPSA) is 32.3 Å². The Morgan fingerprint density at radius 2 is 1.77 bits per heavy atom. The van der Waals surface area contributed by atoms with Gasteiger partial charge in [0.05, 0.1) is 6.42 Å². The molecule has 1 aromatic rings. The molecule has 0 atom stereocenters. The number of amides is 1. The van der Waals surface area contributed by atoms with Gasteiger partial charge in [0, 0.05) is 24.2 Å². The molecular formula is C17H24Cl2N2O. The lowest BCUT2D eigenvalue weighted by molar-refractivity contribution is -0.131. The monoisotopic (exact) mass is 342 g/mol. The zero-order chi connectivity index (χ0) is 14.7. The van der Waals surface area contributed by atoms with Gasteiger partial charge in [0.25, 0.3) is 0 Å². The van der Waals surface area contributed by atoms with Crippen LogP contribution < -0.4 is 5.32 Å². The molecule has 0 spiro atoms. The van der Waals surface area contributed by atoms with Crippen molar-refractivity contribution >= 4 is 29.9 Å². The molecule has 0 radical (unpaired) electrons. The van der Waals surface area contributed by atoms with Crippen LogP contribution in [-0.2, 0) is 11.2 Å². The molecule has 1 N–H and O–H groups in total. The Hall–Kier alpha value is -0.770. The van der Waals surface area contributed by atoms with Crippen molar-refractivity contribution in [3.8, 4) is 0 Å². The van der Waals surface area contributed by atoms with E-state index in [-0.39, 0.29) is 18.3 Å². The van der Waals surface area contributed by atoms with E-state index in [4.69, 9.17) is 11.6 Å². The van der Waals surface area contributed by atoms with Crippen LogP contribution in [-0.4, -0.2) is 36.5 Å². The Morgan fingerprint density at radius 1 is 1.14 bits per heavy atom.